The molecule has 0 radical (unpaired) electrons. The zero-order valence-electron chi connectivity index (χ0n) is 20.5. The van der Waals surface area contributed by atoms with Gasteiger partial charge in [0.1, 0.15) is 5.52 Å². The van der Waals surface area contributed by atoms with Gasteiger partial charge in [0.2, 0.25) is 10.0 Å². The Morgan fingerprint density at radius 2 is 1.89 bits per heavy atom. The Morgan fingerprint density at radius 3 is 2.58 bits per heavy atom. The summed E-state index contributed by atoms with van der Waals surface area (Å²) in [6, 6.07) is 10.4. The number of piperidine rings is 1. The van der Waals surface area contributed by atoms with Gasteiger partial charge in [0, 0.05) is 50.7 Å². The molecule has 0 saturated carbocycles. The predicted octanol–water partition coefficient (Wildman–Crippen LogP) is 2.73. The third-order valence-electron chi connectivity index (χ3n) is 6.85. The molecule has 11 heteroatoms. The zero-order chi connectivity index (χ0) is 24.3. The Hall–Kier alpha value is -2.31. The lowest BCUT2D eigenvalue weighted by Gasteiger charge is -2.31. The van der Waals surface area contributed by atoms with Crippen molar-refractivity contribution < 1.29 is 13.2 Å². The van der Waals surface area contributed by atoms with Crippen molar-refractivity contribution >= 4 is 40.4 Å². The fraction of sp³-hybridized carbons (Fsp3) is 0.480. The van der Waals surface area contributed by atoms with Crippen molar-refractivity contribution in [2.45, 2.75) is 31.8 Å². The van der Waals surface area contributed by atoms with Gasteiger partial charge in [-0.1, -0.05) is 24.3 Å². The van der Waals surface area contributed by atoms with Gasteiger partial charge in [0.05, 0.1) is 29.7 Å². The van der Waals surface area contributed by atoms with Gasteiger partial charge in [0.15, 0.2) is 5.82 Å². The maximum absolute atomic E-state index is 12.2. The van der Waals surface area contributed by atoms with Gasteiger partial charge in [-0.3, -0.25) is 4.98 Å². The monoisotopic (exact) mass is 530 g/mol. The molecule has 2 N–H and O–H groups in total. The number of ether oxygens (including phenoxy) is 1. The molecule has 1 atom stereocenters. The highest BCUT2D eigenvalue weighted by atomic mass is 32.2. The van der Waals surface area contributed by atoms with E-state index in [2.05, 4.69) is 44.9 Å². The van der Waals surface area contributed by atoms with Crippen LogP contribution in [0, 0.1) is 0 Å². The summed E-state index contributed by atoms with van der Waals surface area (Å²) >= 11 is 0. The number of nitrogens with one attached hydrogen (secondary N) is 2. The summed E-state index contributed by atoms with van der Waals surface area (Å²) < 4.78 is 31.7. The van der Waals surface area contributed by atoms with E-state index in [1.807, 2.05) is 6.07 Å². The second-order valence-electron chi connectivity index (χ2n) is 9.05. The van der Waals surface area contributed by atoms with Crippen LogP contribution in [-0.2, 0) is 14.8 Å². The summed E-state index contributed by atoms with van der Waals surface area (Å²) in [6.07, 6.45) is 5.14. The van der Waals surface area contributed by atoms with Gasteiger partial charge < -0.3 is 15.4 Å². The number of sulfonamides is 1. The highest BCUT2D eigenvalue weighted by Gasteiger charge is 2.27. The van der Waals surface area contributed by atoms with Crippen LogP contribution in [0.15, 0.2) is 42.7 Å². The van der Waals surface area contributed by atoms with E-state index in [-0.39, 0.29) is 25.4 Å². The fourth-order valence-corrected chi connectivity index (χ4v) is 5.91. The van der Waals surface area contributed by atoms with Crippen LogP contribution in [0.25, 0.3) is 22.3 Å². The van der Waals surface area contributed by atoms with Gasteiger partial charge in [0.25, 0.3) is 0 Å². The molecule has 0 spiro atoms. The molecule has 2 aromatic heterocycles. The number of morpholine rings is 1. The first kappa shape index (κ1) is 26.7. The Morgan fingerprint density at radius 1 is 1.14 bits per heavy atom. The summed E-state index contributed by atoms with van der Waals surface area (Å²) in [5, 5.41) is 6.76. The molecule has 0 amide bonds. The lowest BCUT2D eigenvalue weighted by atomic mass is 9.89. The van der Waals surface area contributed by atoms with E-state index in [0.29, 0.717) is 38.0 Å². The molecule has 4 heterocycles. The summed E-state index contributed by atoms with van der Waals surface area (Å²) in [4.78, 5) is 13.9. The number of rotatable bonds is 7. The van der Waals surface area contributed by atoms with Crippen molar-refractivity contribution in [3.63, 3.8) is 0 Å². The van der Waals surface area contributed by atoms with E-state index in [0.717, 1.165) is 48.2 Å². The maximum atomic E-state index is 12.2. The first-order chi connectivity index (χ1) is 17.0. The molecule has 2 saturated heterocycles. The third-order valence-corrected chi connectivity index (χ3v) is 8.73. The number of hydrogen-bond acceptors (Lipinski definition) is 8. The Labute approximate surface area is 219 Å². The average molecular weight is 531 g/mol. The van der Waals surface area contributed by atoms with Crippen LogP contribution in [-0.4, -0.2) is 78.9 Å². The predicted molar refractivity (Wildman–Crippen MR) is 147 cm³/mol. The average Bonchev–Trinajstić information content (AvgIpc) is 2.92. The van der Waals surface area contributed by atoms with Crippen molar-refractivity contribution in [2.24, 2.45) is 0 Å². The molecule has 2 aliphatic rings. The Kier molecular flexibility index (Phi) is 8.78. The molecule has 2 aliphatic heterocycles. The third kappa shape index (κ3) is 5.97. The van der Waals surface area contributed by atoms with Crippen molar-refractivity contribution in [2.75, 3.05) is 50.4 Å². The van der Waals surface area contributed by atoms with Gasteiger partial charge in [-0.25, -0.2) is 22.7 Å². The molecule has 0 aliphatic carbocycles. The van der Waals surface area contributed by atoms with E-state index >= 15 is 0 Å². The smallest absolute Gasteiger partial charge is 0.213 e. The number of fused-ring (bicyclic) bond motifs is 1. The normalized spacial score (nSPS) is 19.6. The SMILES string of the molecule is CCS(=O)(=O)N1CCC(c2ccc(-c3cc4nccnc4c(NC[C@@H]4CNCCO4)n3)cc2)CC1.S. The number of pyridine rings is 1. The first-order valence-corrected chi connectivity index (χ1v) is 13.9. The van der Waals surface area contributed by atoms with Crippen LogP contribution in [0.2, 0.25) is 0 Å². The largest absolute Gasteiger partial charge is 0.374 e. The zero-order valence-corrected chi connectivity index (χ0v) is 22.3. The second kappa shape index (κ2) is 11.8. The number of nitrogens with zero attached hydrogens (tertiary/aromatic N) is 4. The van der Waals surface area contributed by atoms with Crippen molar-refractivity contribution in [3.8, 4) is 11.3 Å². The summed E-state index contributed by atoms with van der Waals surface area (Å²) in [5.41, 5.74) is 4.61. The Bertz CT molecular complexity index is 1260. The van der Waals surface area contributed by atoms with Crippen LogP contribution in [0.5, 0.6) is 0 Å². The highest BCUT2D eigenvalue weighted by molar-refractivity contribution is 7.89. The maximum Gasteiger partial charge on any atom is 0.213 e. The molecule has 1 aromatic carbocycles. The van der Waals surface area contributed by atoms with Crippen LogP contribution in [0.3, 0.4) is 0 Å². The second-order valence-corrected chi connectivity index (χ2v) is 11.3. The van der Waals surface area contributed by atoms with Gasteiger partial charge in [-0.2, -0.15) is 13.5 Å². The lowest BCUT2D eigenvalue weighted by molar-refractivity contribution is 0.0372. The van der Waals surface area contributed by atoms with Crippen molar-refractivity contribution in [1.29, 1.82) is 0 Å². The van der Waals surface area contributed by atoms with E-state index in [4.69, 9.17) is 9.72 Å². The van der Waals surface area contributed by atoms with Crippen molar-refractivity contribution in [3.05, 3.63) is 48.3 Å². The fourth-order valence-electron chi connectivity index (χ4n) is 4.78. The van der Waals surface area contributed by atoms with E-state index < -0.39 is 10.0 Å². The molecule has 5 rings (SSSR count). The molecule has 36 heavy (non-hydrogen) atoms. The summed E-state index contributed by atoms with van der Waals surface area (Å²) in [6.45, 7) is 5.91. The molecule has 3 aromatic rings. The minimum Gasteiger partial charge on any atom is -0.374 e. The quantitative estimate of drug-likeness (QED) is 0.480. The van der Waals surface area contributed by atoms with Gasteiger partial charge >= 0.3 is 0 Å². The minimum absolute atomic E-state index is 0. The standard InChI is InChI=1S/C25H32N6O3S.H2S/c1-2-35(32,33)31-12-7-19(8-13-31)18-3-5-20(6-4-18)22-15-23-24(28-10-9-27-23)25(30-22)29-17-21-16-26-11-14-34-21;/h3-6,9-10,15,19,21,26H,2,7-8,11-14,16-17H2,1H3,(H,29,30);1H2/t21-;/m0./s1. The van der Waals surface area contributed by atoms with Gasteiger partial charge in [-0.05, 0) is 37.3 Å². The van der Waals surface area contributed by atoms with Gasteiger partial charge in [-0.15, -0.1) is 0 Å². The number of benzene rings is 1. The molecular formula is C25H34N6O3S2. The number of anilines is 1. The highest BCUT2D eigenvalue weighted by Crippen LogP contribution is 2.31. The Balaban J connectivity index is 0.00000304. The summed E-state index contributed by atoms with van der Waals surface area (Å²) in [7, 11) is -3.11. The first-order valence-electron chi connectivity index (χ1n) is 12.3. The minimum atomic E-state index is -3.11. The topological polar surface area (TPSA) is 109 Å². The van der Waals surface area contributed by atoms with E-state index in [1.165, 1.54) is 5.56 Å². The summed E-state index contributed by atoms with van der Waals surface area (Å²) in [5.74, 6) is 1.23. The molecular weight excluding hydrogens is 496 g/mol. The number of hydrogen-bond donors (Lipinski definition) is 2. The molecule has 2 fully saturated rings. The lowest BCUT2D eigenvalue weighted by Crippen LogP contribution is -2.42. The molecule has 194 valence electrons. The van der Waals surface area contributed by atoms with Crippen LogP contribution >= 0.6 is 13.5 Å². The molecule has 9 nitrogen and oxygen atoms in total. The number of aromatic nitrogens is 3. The van der Waals surface area contributed by atoms with E-state index in [1.54, 1.807) is 23.6 Å². The van der Waals surface area contributed by atoms with Crippen LogP contribution in [0.4, 0.5) is 5.82 Å². The van der Waals surface area contributed by atoms with Crippen LogP contribution < -0.4 is 10.6 Å². The van der Waals surface area contributed by atoms with Crippen LogP contribution in [0.1, 0.15) is 31.2 Å². The molecule has 0 unspecified atom stereocenters. The van der Waals surface area contributed by atoms with Crippen molar-refractivity contribution in [1.82, 2.24) is 24.6 Å². The molecule has 0 bridgehead atoms. The van der Waals surface area contributed by atoms with E-state index in [9.17, 15) is 8.42 Å².